The van der Waals surface area contributed by atoms with Crippen LogP contribution in [-0.2, 0) is 16.6 Å². The van der Waals surface area contributed by atoms with Crippen LogP contribution in [0.1, 0.15) is 5.56 Å². The van der Waals surface area contributed by atoms with Crippen LogP contribution < -0.4 is 10.6 Å². The number of nitrogens with zero attached hydrogens (tertiary/aromatic N) is 5. The first kappa shape index (κ1) is 27.9. The number of amides is 2. The molecule has 12 heteroatoms. The molecule has 1 fully saturated rings. The molecular weight excluding hydrogens is 508 g/mol. The minimum atomic E-state index is -0.799. The first-order valence-corrected chi connectivity index (χ1v) is 12.3. The van der Waals surface area contributed by atoms with Gasteiger partial charge in [-0.1, -0.05) is 30.3 Å². The van der Waals surface area contributed by atoms with Crippen molar-refractivity contribution in [2.75, 3.05) is 38.7 Å². The summed E-state index contributed by atoms with van der Waals surface area (Å²) >= 11 is 0. The smallest absolute Gasteiger partial charge is 0.320 e. The Bertz CT molecular complexity index is 1360. The predicted octanol–water partition coefficient (Wildman–Crippen LogP) is 3.93. The van der Waals surface area contributed by atoms with Crippen molar-refractivity contribution < 1.29 is 23.1 Å². The van der Waals surface area contributed by atoms with Crippen molar-refractivity contribution in [3.05, 3.63) is 84.2 Å². The van der Waals surface area contributed by atoms with E-state index in [-0.39, 0.29) is 12.1 Å². The molecule has 2 aromatic heterocycles. The van der Waals surface area contributed by atoms with Crippen molar-refractivity contribution in [2.24, 2.45) is 7.05 Å². The van der Waals surface area contributed by atoms with Gasteiger partial charge in [-0.3, -0.25) is 14.8 Å². The number of carbonyl (C=O) groups excluding carboxylic acids is 1. The van der Waals surface area contributed by atoms with Gasteiger partial charge in [0.15, 0.2) is 11.6 Å². The van der Waals surface area contributed by atoms with Crippen molar-refractivity contribution in [3.8, 4) is 16.9 Å². The fraction of sp³-hybridized carbons (Fsp3) is 0.296. The molecule has 0 unspecified atom stereocenters. The van der Waals surface area contributed by atoms with E-state index in [0.29, 0.717) is 32.1 Å². The summed E-state index contributed by atoms with van der Waals surface area (Å²) in [5, 5.41) is 16.8. The van der Waals surface area contributed by atoms with Crippen LogP contribution >= 0.6 is 0 Å². The Morgan fingerprint density at radius 1 is 1.13 bits per heavy atom. The Morgan fingerprint density at radius 3 is 2.44 bits per heavy atom. The van der Waals surface area contributed by atoms with Gasteiger partial charge in [-0.25, -0.2) is 18.3 Å². The summed E-state index contributed by atoms with van der Waals surface area (Å²) in [7, 11) is 3.51. The van der Waals surface area contributed by atoms with E-state index in [9.17, 15) is 13.6 Å². The van der Waals surface area contributed by atoms with Crippen LogP contribution in [0.2, 0.25) is 0 Å². The number of carbonyl (C=O) groups is 1. The topological polar surface area (TPSA) is 98.5 Å². The van der Waals surface area contributed by atoms with Crippen LogP contribution in [0.3, 0.4) is 0 Å². The first-order chi connectivity index (χ1) is 18.9. The van der Waals surface area contributed by atoms with E-state index in [4.69, 9.17) is 14.7 Å². The number of benzene rings is 2. The van der Waals surface area contributed by atoms with E-state index < -0.39 is 11.6 Å². The number of hydrogen-bond donors (Lipinski definition) is 2. The molecule has 1 atom stereocenters. The van der Waals surface area contributed by atoms with Gasteiger partial charge in [0.25, 0.3) is 0 Å². The molecule has 39 heavy (non-hydrogen) atoms. The number of rotatable bonds is 7. The average Bonchev–Trinajstić information content (AvgIpc) is 3.65. The molecule has 10 nitrogen and oxygen atoms in total. The average molecular weight is 540 g/mol. The second-order valence-corrected chi connectivity index (χ2v) is 8.86. The van der Waals surface area contributed by atoms with Crippen molar-refractivity contribution in [1.82, 2.24) is 29.9 Å². The highest BCUT2D eigenvalue weighted by Gasteiger charge is 2.26. The first-order valence-electron chi connectivity index (χ1n) is 12.3. The number of methoxy groups -OCH3 is 1. The monoisotopic (exact) mass is 539 g/mol. The number of hydroxylamine groups is 2. The Balaban J connectivity index is 0.000000379. The molecule has 1 saturated heterocycles. The molecule has 0 bridgehead atoms. The van der Waals surface area contributed by atoms with Crippen LogP contribution in [0, 0.1) is 18.6 Å². The van der Waals surface area contributed by atoms with Gasteiger partial charge in [-0.05, 0) is 31.2 Å². The Labute approximate surface area is 225 Å². The number of para-hydroxylation sites is 1. The van der Waals surface area contributed by atoms with Crippen molar-refractivity contribution in [2.45, 2.75) is 13.0 Å². The summed E-state index contributed by atoms with van der Waals surface area (Å²) in [5.74, 6) is -0.988. The highest BCUT2D eigenvalue weighted by molar-refractivity contribution is 5.91. The number of ether oxygens (including phenoxy) is 1. The molecule has 0 spiro atoms. The van der Waals surface area contributed by atoms with E-state index in [0.717, 1.165) is 34.6 Å². The number of aryl methyl sites for hydroxylation is 1. The number of halogens is 2. The molecule has 4 aromatic rings. The summed E-state index contributed by atoms with van der Waals surface area (Å²) in [4.78, 5) is 18.4. The number of hydrogen-bond acceptors (Lipinski definition) is 6. The van der Waals surface area contributed by atoms with E-state index >= 15 is 0 Å². The molecular formula is C27H31F2N7O3. The number of nitrogens with one attached hydrogen (secondary N) is 2. The van der Waals surface area contributed by atoms with E-state index in [2.05, 4.69) is 15.7 Å². The minimum absolute atomic E-state index is 0.108. The van der Waals surface area contributed by atoms with Gasteiger partial charge >= 0.3 is 6.03 Å². The third-order valence-corrected chi connectivity index (χ3v) is 5.92. The predicted molar refractivity (Wildman–Crippen MR) is 142 cm³/mol. The summed E-state index contributed by atoms with van der Waals surface area (Å²) in [6, 6.07) is 14.3. The third kappa shape index (κ3) is 7.25. The van der Waals surface area contributed by atoms with Crippen molar-refractivity contribution >= 4 is 11.8 Å². The molecule has 0 radical (unpaired) electrons. The summed E-state index contributed by atoms with van der Waals surface area (Å²) in [6.07, 6.45) is 3.66. The maximum atomic E-state index is 12.8. The highest BCUT2D eigenvalue weighted by atomic mass is 19.2. The summed E-state index contributed by atoms with van der Waals surface area (Å²) < 4.78 is 32.4. The molecule has 5 rings (SSSR count). The quantitative estimate of drug-likeness (QED) is 0.369. The molecule has 0 aliphatic carbocycles. The molecule has 1 aliphatic heterocycles. The van der Waals surface area contributed by atoms with Crippen molar-refractivity contribution in [3.63, 3.8) is 0 Å². The van der Waals surface area contributed by atoms with Crippen LogP contribution in [0.15, 0.2) is 67.0 Å². The normalized spacial score (nSPS) is 15.1. The second-order valence-electron chi connectivity index (χ2n) is 8.86. The largest absolute Gasteiger partial charge is 0.383 e. The fourth-order valence-electron chi connectivity index (χ4n) is 3.97. The zero-order chi connectivity index (χ0) is 27.8. The molecule has 0 saturated carbocycles. The SMILES string of the molecule is COCCN1C[C@@H](NC(=O)Nc2c(C)c(-c3cnn(C)c3)nn2-c2ccccc2)CO1.Fc1ccccc1F. The zero-order valence-electron chi connectivity index (χ0n) is 22.0. The Hall–Kier alpha value is -4.13. The number of anilines is 1. The molecule has 2 amide bonds. The van der Waals surface area contributed by atoms with Gasteiger partial charge in [0.1, 0.15) is 11.5 Å². The van der Waals surface area contributed by atoms with Crippen LogP contribution in [-0.4, -0.2) is 70.1 Å². The van der Waals surface area contributed by atoms with Crippen LogP contribution in [0.4, 0.5) is 19.4 Å². The summed E-state index contributed by atoms with van der Waals surface area (Å²) in [6.45, 7) is 4.20. The lowest BCUT2D eigenvalue weighted by Crippen LogP contribution is -2.41. The number of aromatic nitrogens is 4. The van der Waals surface area contributed by atoms with Gasteiger partial charge in [0.05, 0.1) is 31.1 Å². The Morgan fingerprint density at radius 2 is 1.82 bits per heavy atom. The molecule has 1 aliphatic rings. The zero-order valence-corrected chi connectivity index (χ0v) is 22.0. The highest BCUT2D eigenvalue weighted by Crippen LogP contribution is 2.30. The van der Waals surface area contributed by atoms with Crippen molar-refractivity contribution in [1.29, 1.82) is 0 Å². The second kappa shape index (κ2) is 13.1. The molecule has 206 valence electrons. The lowest BCUT2D eigenvalue weighted by atomic mass is 10.1. The van der Waals surface area contributed by atoms with E-state index in [1.165, 1.54) is 12.1 Å². The van der Waals surface area contributed by atoms with E-state index in [1.54, 1.807) is 27.7 Å². The standard InChI is InChI=1S/C21H27N7O3.C6H4F2/c1-15-19(16-11-22-26(2)12-16)25-28(18-7-5-4-6-8-18)20(15)24-21(29)23-17-13-27(31-14-17)9-10-30-3;7-5-3-1-2-4-6(5)8/h4-8,11-12,17H,9-10,13-14H2,1-3H3,(H2,23,24,29);1-4H/t17-;/m1./s1. The Kier molecular flexibility index (Phi) is 9.36. The lowest BCUT2D eigenvalue weighted by molar-refractivity contribution is -0.118. The molecule has 2 N–H and O–H groups in total. The van der Waals surface area contributed by atoms with Gasteiger partial charge in [-0.2, -0.15) is 15.3 Å². The maximum Gasteiger partial charge on any atom is 0.320 e. The lowest BCUT2D eigenvalue weighted by Gasteiger charge is -2.15. The van der Waals surface area contributed by atoms with Gasteiger partial charge in [0, 0.05) is 44.6 Å². The minimum Gasteiger partial charge on any atom is -0.383 e. The maximum absolute atomic E-state index is 12.8. The summed E-state index contributed by atoms with van der Waals surface area (Å²) in [5.41, 5.74) is 3.36. The fourth-order valence-corrected chi connectivity index (χ4v) is 3.97. The van der Waals surface area contributed by atoms with E-state index in [1.807, 2.05) is 50.5 Å². The molecule has 3 heterocycles. The third-order valence-electron chi connectivity index (χ3n) is 5.92. The number of urea groups is 1. The van der Waals surface area contributed by atoms with Gasteiger partial charge < -0.3 is 10.1 Å². The van der Waals surface area contributed by atoms with Crippen LogP contribution in [0.25, 0.3) is 16.9 Å². The molecule has 2 aromatic carbocycles. The van der Waals surface area contributed by atoms with Gasteiger partial charge in [0.2, 0.25) is 0 Å². The van der Waals surface area contributed by atoms with Crippen LogP contribution in [0.5, 0.6) is 0 Å². The van der Waals surface area contributed by atoms with Gasteiger partial charge in [-0.15, -0.1) is 0 Å².